The molecule has 2 fully saturated rings. The molecule has 2 aliphatic rings. The van der Waals surface area contributed by atoms with Crippen LogP contribution in [0.3, 0.4) is 0 Å². The third kappa shape index (κ3) is 3.05. The van der Waals surface area contributed by atoms with Gasteiger partial charge in [0.2, 0.25) is 5.76 Å². The van der Waals surface area contributed by atoms with Crippen molar-refractivity contribution >= 4 is 11.9 Å². The third-order valence-electron chi connectivity index (χ3n) is 5.41. The minimum absolute atomic E-state index is 0.0440. The van der Waals surface area contributed by atoms with Gasteiger partial charge in [0, 0.05) is 45.6 Å². The molecule has 3 heterocycles. The number of hydrogen-bond acceptors (Lipinski definition) is 4. The predicted octanol–water partition coefficient (Wildman–Crippen LogP) is 2.24. The zero-order valence-electron chi connectivity index (χ0n) is 15.2. The number of oxazole rings is 1. The first-order valence-electron chi connectivity index (χ1n) is 8.87. The number of likely N-dealkylation sites (tertiary alicyclic amines) is 2. The second-order valence-corrected chi connectivity index (χ2v) is 7.33. The van der Waals surface area contributed by atoms with Crippen molar-refractivity contribution in [1.29, 1.82) is 0 Å². The van der Waals surface area contributed by atoms with Crippen LogP contribution in [-0.4, -0.2) is 65.4 Å². The first-order valence-corrected chi connectivity index (χ1v) is 8.87. The van der Waals surface area contributed by atoms with E-state index in [1.54, 1.807) is 30.0 Å². The molecule has 2 aliphatic heterocycles. The minimum atomic E-state index is -0.333. The molecule has 0 spiro atoms. The summed E-state index contributed by atoms with van der Waals surface area (Å²) in [5.74, 6) is -0.152. The van der Waals surface area contributed by atoms with Gasteiger partial charge >= 0.3 is 6.03 Å². The van der Waals surface area contributed by atoms with Crippen LogP contribution in [0.15, 0.2) is 41.3 Å². The van der Waals surface area contributed by atoms with Crippen LogP contribution in [0.2, 0.25) is 0 Å². The molecule has 2 saturated heterocycles. The number of nitrogens with zero attached hydrogens (tertiary/aromatic N) is 4. The van der Waals surface area contributed by atoms with E-state index in [1.165, 1.54) is 29.6 Å². The van der Waals surface area contributed by atoms with Crippen LogP contribution in [0.1, 0.15) is 22.2 Å². The Bertz CT molecular complexity index is 854. The van der Waals surface area contributed by atoms with Crippen molar-refractivity contribution in [2.75, 3.05) is 33.7 Å². The number of carbonyl (C=O) groups excluding carboxylic acids is 2. The Morgan fingerprint density at radius 2 is 2.07 bits per heavy atom. The van der Waals surface area contributed by atoms with E-state index in [9.17, 15) is 14.0 Å². The number of aromatic nitrogens is 1. The standard InChI is InChI=1S/C19H21FN4O3/c1-22(2)19(26)24-9-13-8-23(18(25)16-7-21-11-27-16)10-15(13)17(24)12-4-3-5-14(20)6-12/h3-7,11,13,15,17H,8-10H2,1-2H3/t13-,15-,17-/m1/s1. The van der Waals surface area contributed by atoms with Crippen molar-refractivity contribution in [3.8, 4) is 0 Å². The normalized spacial score (nSPS) is 24.2. The number of rotatable bonds is 2. The molecule has 27 heavy (non-hydrogen) atoms. The monoisotopic (exact) mass is 372 g/mol. The lowest BCUT2D eigenvalue weighted by Crippen LogP contribution is -2.42. The second-order valence-electron chi connectivity index (χ2n) is 7.33. The summed E-state index contributed by atoms with van der Waals surface area (Å²) in [7, 11) is 3.41. The van der Waals surface area contributed by atoms with E-state index in [2.05, 4.69) is 4.98 Å². The Hall–Kier alpha value is -2.90. The van der Waals surface area contributed by atoms with Gasteiger partial charge in [0.25, 0.3) is 5.91 Å². The van der Waals surface area contributed by atoms with Gasteiger partial charge in [0.05, 0.1) is 12.2 Å². The summed E-state index contributed by atoms with van der Waals surface area (Å²) in [5, 5.41) is 0. The summed E-state index contributed by atoms with van der Waals surface area (Å²) < 4.78 is 19.0. The summed E-state index contributed by atoms with van der Waals surface area (Å²) in [6.45, 7) is 1.55. The lowest BCUT2D eigenvalue weighted by atomic mass is 9.89. The summed E-state index contributed by atoms with van der Waals surface area (Å²) in [6.07, 6.45) is 2.64. The fourth-order valence-electron chi connectivity index (χ4n) is 4.26. The maximum Gasteiger partial charge on any atom is 0.320 e. The van der Waals surface area contributed by atoms with Gasteiger partial charge < -0.3 is 19.1 Å². The number of urea groups is 1. The largest absolute Gasteiger partial charge is 0.438 e. The van der Waals surface area contributed by atoms with E-state index in [1.807, 2.05) is 6.07 Å². The van der Waals surface area contributed by atoms with Crippen LogP contribution >= 0.6 is 0 Å². The SMILES string of the molecule is CN(C)C(=O)N1C[C@H]2CN(C(=O)c3cnco3)C[C@H]2[C@H]1c1cccc(F)c1. The Labute approximate surface area is 156 Å². The van der Waals surface area contributed by atoms with E-state index in [4.69, 9.17) is 4.42 Å². The Kier molecular flexibility index (Phi) is 4.33. The Morgan fingerprint density at radius 1 is 1.26 bits per heavy atom. The number of fused-ring (bicyclic) bond motifs is 1. The number of amides is 3. The highest BCUT2D eigenvalue weighted by atomic mass is 19.1. The summed E-state index contributed by atoms with van der Waals surface area (Å²) in [5.41, 5.74) is 0.756. The van der Waals surface area contributed by atoms with Gasteiger partial charge in [-0.25, -0.2) is 14.2 Å². The van der Waals surface area contributed by atoms with Crippen molar-refractivity contribution in [1.82, 2.24) is 19.7 Å². The van der Waals surface area contributed by atoms with E-state index >= 15 is 0 Å². The van der Waals surface area contributed by atoms with Crippen molar-refractivity contribution in [2.45, 2.75) is 6.04 Å². The molecule has 0 aliphatic carbocycles. The van der Waals surface area contributed by atoms with Crippen LogP contribution in [0, 0.1) is 17.7 Å². The Balaban J connectivity index is 1.63. The van der Waals surface area contributed by atoms with Crippen molar-refractivity contribution in [3.05, 3.63) is 54.0 Å². The maximum atomic E-state index is 13.8. The fourth-order valence-corrected chi connectivity index (χ4v) is 4.26. The van der Waals surface area contributed by atoms with Gasteiger partial charge in [-0.1, -0.05) is 12.1 Å². The van der Waals surface area contributed by atoms with Crippen LogP contribution in [0.5, 0.6) is 0 Å². The molecule has 8 heteroatoms. The molecule has 0 unspecified atom stereocenters. The average molecular weight is 372 g/mol. The zero-order chi connectivity index (χ0) is 19.1. The molecule has 0 bridgehead atoms. The van der Waals surface area contributed by atoms with Crippen molar-refractivity contribution in [3.63, 3.8) is 0 Å². The van der Waals surface area contributed by atoms with Crippen LogP contribution < -0.4 is 0 Å². The molecule has 4 rings (SSSR count). The molecule has 2 aromatic rings. The highest BCUT2D eigenvalue weighted by Crippen LogP contribution is 2.45. The third-order valence-corrected chi connectivity index (χ3v) is 5.41. The van der Waals surface area contributed by atoms with Crippen molar-refractivity contribution in [2.24, 2.45) is 11.8 Å². The van der Waals surface area contributed by atoms with Gasteiger partial charge in [-0.15, -0.1) is 0 Å². The molecule has 1 aromatic heterocycles. The molecular formula is C19H21FN4O3. The van der Waals surface area contributed by atoms with Crippen molar-refractivity contribution < 1.29 is 18.4 Å². The van der Waals surface area contributed by atoms with Gasteiger partial charge in [0.15, 0.2) is 6.39 Å². The van der Waals surface area contributed by atoms with Gasteiger partial charge in [-0.3, -0.25) is 4.79 Å². The highest BCUT2D eigenvalue weighted by Gasteiger charge is 2.50. The average Bonchev–Trinajstić information content (AvgIpc) is 3.35. The quantitative estimate of drug-likeness (QED) is 0.811. The van der Waals surface area contributed by atoms with E-state index in [-0.39, 0.29) is 41.4 Å². The first kappa shape index (κ1) is 17.5. The second kappa shape index (κ2) is 6.68. The van der Waals surface area contributed by atoms with Crippen LogP contribution in [0.25, 0.3) is 0 Å². The molecule has 1 aromatic carbocycles. The van der Waals surface area contributed by atoms with Gasteiger partial charge in [0.1, 0.15) is 5.82 Å². The zero-order valence-corrected chi connectivity index (χ0v) is 15.2. The maximum absolute atomic E-state index is 13.8. The molecule has 142 valence electrons. The topological polar surface area (TPSA) is 69.9 Å². The number of halogens is 1. The molecule has 0 radical (unpaired) electrons. The molecule has 0 N–H and O–H groups in total. The van der Waals surface area contributed by atoms with Gasteiger partial charge in [-0.2, -0.15) is 0 Å². The number of benzene rings is 1. The smallest absolute Gasteiger partial charge is 0.320 e. The molecular weight excluding hydrogens is 351 g/mol. The molecule has 7 nitrogen and oxygen atoms in total. The molecule has 0 saturated carbocycles. The highest BCUT2D eigenvalue weighted by molar-refractivity contribution is 5.91. The van der Waals surface area contributed by atoms with E-state index in [0.29, 0.717) is 19.6 Å². The molecule has 3 amide bonds. The minimum Gasteiger partial charge on any atom is -0.438 e. The van der Waals surface area contributed by atoms with E-state index < -0.39 is 0 Å². The summed E-state index contributed by atoms with van der Waals surface area (Å²) in [6, 6.07) is 5.99. The Morgan fingerprint density at radius 3 is 2.74 bits per heavy atom. The summed E-state index contributed by atoms with van der Waals surface area (Å²) >= 11 is 0. The summed E-state index contributed by atoms with van der Waals surface area (Å²) in [4.78, 5) is 34.2. The predicted molar refractivity (Wildman–Crippen MR) is 94.3 cm³/mol. The molecule has 3 atom stereocenters. The number of hydrogen-bond donors (Lipinski definition) is 0. The first-order chi connectivity index (χ1) is 13.0. The van der Waals surface area contributed by atoms with Gasteiger partial charge in [-0.05, 0) is 17.7 Å². The lowest BCUT2D eigenvalue weighted by Gasteiger charge is -2.31. The fraction of sp³-hybridized carbons (Fsp3) is 0.421. The van der Waals surface area contributed by atoms with E-state index in [0.717, 1.165) is 5.56 Å². The van der Waals surface area contributed by atoms with Crippen LogP contribution in [-0.2, 0) is 0 Å². The number of carbonyl (C=O) groups is 2. The lowest BCUT2D eigenvalue weighted by molar-refractivity contribution is 0.0735. The van der Waals surface area contributed by atoms with Crippen LogP contribution in [0.4, 0.5) is 9.18 Å².